The maximum absolute atomic E-state index is 11.3. The summed E-state index contributed by atoms with van der Waals surface area (Å²) in [6.07, 6.45) is 2.07. The highest BCUT2D eigenvalue weighted by Crippen LogP contribution is 2.24. The van der Waals surface area contributed by atoms with Crippen LogP contribution in [0.2, 0.25) is 0 Å². The summed E-state index contributed by atoms with van der Waals surface area (Å²) in [7, 11) is -3.41. The van der Waals surface area contributed by atoms with Crippen LogP contribution in [-0.2, 0) is 10.0 Å². The van der Waals surface area contributed by atoms with Gasteiger partial charge in [0.2, 0.25) is 10.0 Å². The molecule has 1 fully saturated rings. The number of sulfonamides is 1. The molecule has 0 aliphatic carbocycles. The van der Waals surface area contributed by atoms with Gasteiger partial charge in [-0.2, -0.15) is 5.26 Å². The molecule has 1 unspecified atom stereocenters. The first-order chi connectivity index (χ1) is 6.97. The molecule has 0 bridgehead atoms. The fraction of sp³-hybridized carbons (Fsp3) is 0.889. The van der Waals surface area contributed by atoms with Crippen LogP contribution in [0.3, 0.4) is 0 Å². The Bertz CT molecular complexity index is 339. The monoisotopic (exact) mass is 231 g/mol. The minimum Gasteiger partial charge on any atom is -0.316 e. The third-order valence-corrected chi connectivity index (χ3v) is 3.75. The molecule has 0 saturated carbocycles. The lowest BCUT2D eigenvalue weighted by molar-refractivity contribution is 0.238. The zero-order chi connectivity index (χ0) is 11.4. The molecule has 15 heavy (non-hydrogen) atoms. The van der Waals surface area contributed by atoms with E-state index in [9.17, 15) is 8.42 Å². The normalized spacial score (nSPS) is 27.2. The summed E-state index contributed by atoms with van der Waals surface area (Å²) < 4.78 is 25.0. The number of nitrogens with one attached hydrogen (secondary N) is 2. The summed E-state index contributed by atoms with van der Waals surface area (Å²) in [5, 5.41) is 11.6. The van der Waals surface area contributed by atoms with Crippen molar-refractivity contribution in [3.63, 3.8) is 0 Å². The van der Waals surface area contributed by atoms with E-state index in [1.54, 1.807) is 6.07 Å². The van der Waals surface area contributed by atoms with Gasteiger partial charge in [0, 0.05) is 13.1 Å². The maximum Gasteiger partial charge on any atom is 0.225 e. The third kappa shape index (κ3) is 4.16. The maximum atomic E-state index is 11.3. The number of piperidine rings is 1. The molecule has 1 saturated heterocycles. The van der Waals surface area contributed by atoms with Crippen molar-refractivity contribution in [2.45, 2.75) is 19.8 Å². The smallest absolute Gasteiger partial charge is 0.225 e. The molecule has 1 atom stereocenters. The van der Waals surface area contributed by atoms with Crippen molar-refractivity contribution in [2.75, 3.05) is 25.4 Å². The summed E-state index contributed by atoms with van der Waals surface area (Å²) in [5.74, 6) is -0.462. The molecule has 0 radical (unpaired) electrons. The Morgan fingerprint density at radius 3 is 2.87 bits per heavy atom. The molecule has 6 heteroatoms. The van der Waals surface area contributed by atoms with Gasteiger partial charge in [-0.3, -0.25) is 0 Å². The van der Waals surface area contributed by atoms with Crippen molar-refractivity contribution in [1.82, 2.24) is 10.0 Å². The molecule has 0 amide bonds. The fourth-order valence-electron chi connectivity index (χ4n) is 1.69. The van der Waals surface area contributed by atoms with Gasteiger partial charge in [-0.05, 0) is 24.8 Å². The van der Waals surface area contributed by atoms with Crippen LogP contribution in [0.25, 0.3) is 0 Å². The van der Waals surface area contributed by atoms with Gasteiger partial charge in [0.25, 0.3) is 0 Å². The summed E-state index contributed by atoms with van der Waals surface area (Å²) in [6, 6.07) is 1.64. The summed E-state index contributed by atoms with van der Waals surface area (Å²) >= 11 is 0. The van der Waals surface area contributed by atoms with E-state index in [2.05, 4.69) is 10.0 Å². The van der Waals surface area contributed by atoms with E-state index in [1.165, 1.54) is 0 Å². The topological polar surface area (TPSA) is 82.0 Å². The Morgan fingerprint density at radius 2 is 2.33 bits per heavy atom. The molecular weight excluding hydrogens is 214 g/mol. The SMILES string of the molecule is CC1(CNS(=O)(=O)CC#N)CCCNC1. The highest BCUT2D eigenvalue weighted by molar-refractivity contribution is 7.89. The van der Waals surface area contributed by atoms with Crippen LogP contribution < -0.4 is 10.0 Å². The second kappa shape index (κ2) is 4.92. The number of nitrogens with zero attached hydrogens (tertiary/aromatic N) is 1. The van der Waals surface area contributed by atoms with Crippen molar-refractivity contribution in [3.05, 3.63) is 0 Å². The summed E-state index contributed by atoms with van der Waals surface area (Å²) in [6.45, 7) is 4.28. The minimum atomic E-state index is -3.41. The van der Waals surface area contributed by atoms with E-state index >= 15 is 0 Å². The Kier molecular flexibility index (Phi) is 4.08. The van der Waals surface area contributed by atoms with Gasteiger partial charge in [-0.15, -0.1) is 0 Å². The van der Waals surface area contributed by atoms with Gasteiger partial charge in [-0.25, -0.2) is 13.1 Å². The second-order valence-corrected chi connectivity index (χ2v) is 6.14. The average molecular weight is 231 g/mol. The molecule has 0 aromatic rings. The Balaban J connectivity index is 2.45. The quantitative estimate of drug-likeness (QED) is 0.703. The molecule has 0 aromatic heterocycles. The van der Waals surface area contributed by atoms with E-state index < -0.39 is 15.8 Å². The zero-order valence-corrected chi connectivity index (χ0v) is 9.73. The van der Waals surface area contributed by atoms with Crippen LogP contribution in [0.5, 0.6) is 0 Å². The number of rotatable bonds is 4. The lowest BCUT2D eigenvalue weighted by Crippen LogP contribution is -2.45. The lowest BCUT2D eigenvalue weighted by Gasteiger charge is -2.34. The molecule has 5 nitrogen and oxygen atoms in total. The van der Waals surface area contributed by atoms with Crippen LogP contribution >= 0.6 is 0 Å². The molecule has 1 aliphatic heterocycles. The minimum absolute atomic E-state index is 0.0270. The van der Waals surface area contributed by atoms with Crippen LogP contribution in [0.4, 0.5) is 0 Å². The van der Waals surface area contributed by atoms with Crippen LogP contribution in [0, 0.1) is 16.7 Å². The van der Waals surface area contributed by atoms with Gasteiger partial charge in [0.1, 0.15) is 0 Å². The van der Waals surface area contributed by atoms with Crippen molar-refractivity contribution in [3.8, 4) is 6.07 Å². The van der Waals surface area contributed by atoms with Gasteiger partial charge in [0.15, 0.2) is 5.75 Å². The highest BCUT2D eigenvalue weighted by atomic mass is 32.2. The molecule has 1 heterocycles. The largest absolute Gasteiger partial charge is 0.316 e. The molecule has 0 spiro atoms. The number of hydrogen-bond acceptors (Lipinski definition) is 4. The van der Waals surface area contributed by atoms with Crippen molar-refractivity contribution in [1.29, 1.82) is 5.26 Å². The molecule has 1 rings (SSSR count). The summed E-state index contributed by atoms with van der Waals surface area (Å²) in [4.78, 5) is 0. The fourth-order valence-corrected chi connectivity index (χ4v) is 2.53. The van der Waals surface area contributed by atoms with E-state index in [0.717, 1.165) is 25.9 Å². The molecule has 2 N–H and O–H groups in total. The number of nitriles is 1. The van der Waals surface area contributed by atoms with Crippen LogP contribution in [0.15, 0.2) is 0 Å². The van der Waals surface area contributed by atoms with Gasteiger partial charge in [-0.1, -0.05) is 6.92 Å². The van der Waals surface area contributed by atoms with Crippen molar-refractivity contribution >= 4 is 10.0 Å². The van der Waals surface area contributed by atoms with E-state index in [0.29, 0.717) is 6.54 Å². The average Bonchev–Trinajstić information content (AvgIpc) is 2.17. The first kappa shape index (κ1) is 12.4. The molecule has 1 aliphatic rings. The lowest BCUT2D eigenvalue weighted by atomic mass is 9.83. The van der Waals surface area contributed by atoms with E-state index in [-0.39, 0.29) is 5.41 Å². The Morgan fingerprint density at radius 1 is 1.60 bits per heavy atom. The molecule has 86 valence electrons. The van der Waals surface area contributed by atoms with Crippen molar-refractivity contribution in [2.24, 2.45) is 5.41 Å². The summed E-state index contributed by atoms with van der Waals surface area (Å²) in [5.41, 5.74) is -0.0270. The molecule has 0 aromatic carbocycles. The van der Waals surface area contributed by atoms with Crippen molar-refractivity contribution < 1.29 is 8.42 Å². The van der Waals surface area contributed by atoms with E-state index in [1.807, 2.05) is 6.92 Å². The zero-order valence-electron chi connectivity index (χ0n) is 8.91. The predicted octanol–water partition coefficient (Wildman–Crippen LogP) is -0.181. The first-order valence-electron chi connectivity index (χ1n) is 5.02. The van der Waals surface area contributed by atoms with Gasteiger partial charge in [0.05, 0.1) is 6.07 Å². The Hall–Kier alpha value is -0.640. The highest BCUT2D eigenvalue weighted by Gasteiger charge is 2.28. The number of hydrogen-bond donors (Lipinski definition) is 2. The Labute approximate surface area is 90.9 Å². The van der Waals surface area contributed by atoms with E-state index in [4.69, 9.17) is 5.26 Å². The predicted molar refractivity (Wildman–Crippen MR) is 57.6 cm³/mol. The van der Waals surface area contributed by atoms with Gasteiger partial charge < -0.3 is 5.32 Å². The second-order valence-electron chi connectivity index (χ2n) is 4.33. The first-order valence-corrected chi connectivity index (χ1v) is 6.68. The molecular formula is C9H17N3O2S. The standard InChI is InChI=1S/C9H17N3O2S/c1-9(3-2-5-11-7-9)8-12-15(13,14)6-4-10/h11-12H,2-3,5-8H2,1H3. The third-order valence-electron chi connectivity index (χ3n) is 2.66. The van der Waals surface area contributed by atoms with Gasteiger partial charge >= 0.3 is 0 Å². The van der Waals surface area contributed by atoms with Crippen LogP contribution in [-0.4, -0.2) is 33.8 Å². The van der Waals surface area contributed by atoms with Crippen LogP contribution in [0.1, 0.15) is 19.8 Å².